The second kappa shape index (κ2) is 9.77. The molecule has 3 heterocycles. The van der Waals surface area contributed by atoms with Crippen LogP contribution in [0.3, 0.4) is 0 Å². The number of furan rings is 1. The van der Waals surface area contributed by atoms with Crippen molar-refractivity contribution >= 4 is 17.5 Å². The number of nitrogens with one attached hydrogen (secondary N) is 1. The van der Waals surface area contributed by atoms with Gasteiger partial charge in [0.05, 0.1) is 19.8 Å². The molecular weight excluding hydrogens is 386 g/mol. The Morgan fingerprint density at radius 3 is 2.43 bits per heavy atom. The second-order valence-corrected chi connectivity index (χ2v) is 7.51. The molecule has 0 radical (unpaired) electrons. The monoisotopic (exact) mass is 413 g/mol. The zero-order valence-corrected chi connectivity index (χ0v) is 17.0. The summed E-state index contributed by atoms with van der Waals surface area (Å²) >= 11 is 0. The number of morpholine rings is 1. The SMILES string of the molecule is O=C(Nc1ccc(OCC(=O)N2CCOCC2)cc1)c1ccc(CN2CCCC2)o1. The van der Waals surface area contributed by atoms with Gasteiger partial charge in [0.15, 0.2) is 12.4 Å². The molecule has 1 aromatic heterocycles. The summed E-state index contributed by atoms with van der Waals surface area (Å²) < 4.78 is 16.5. The van der Waals surface area contributed by atoms with Crippen molar-refractivity contribution in [2.24, 2.45) is 0 Å². The summed E-state index contributed by atoms with van der Waals surface area (Å²) in [5.41, 5.74) is 0.629. The predicted octanol–water partition coefficient (Wildman–Crippen LogP) is 2.37. The molecule has 2 amide bonds. The predicted molar refractivity (Wildman–Crippen MR) is 111 cm³/mol. The maximum absolute atomic E-state index is 12.4. The summed E-state index contributed by atoms with van der Waals surface area (Å²) in [7, 11) is 0. The largest absolute Gasteiger partial charge is 0.484 e. The van der Waals surface area contributed by atoms with Crippen molar-refractivity contribution in [2.75, 3.05) is 51.3 Å². The van der Waals surface area contributed by atoms with E-state index in [-0.39, 0.29) is 18.4 Å². The second-order valence-electron chi connectivity index (χ2n) is 7.51. The van der Waals surface area contributed by atoms with Crippen LogP contribution in [-0.2, 0) is 16.1 Å². The van der Waals surface area contributed by atoms with E-state index in [4.69, 9.17) is 13.9 Å². The molecule has 0 bridgehead atoms. The third-order valence-electron chi connectivity index (χ3n) is 5.30. The van der Waals surface area contributed by atoms with Crippen LogP contribution < -0.4 is 10.1 Å². The highest BCUT2D eigenvalue weighted by Crippen LogP contribution is 2.19. The standard InChI is InChI=1S/C22H27N3O5/c26-21(25-11-13-28-14-12-25)16-29-18-5-3-17(4-6-18)23-22(27)20-8-7-19(30-20)15-24-9-1-2-10-24/h3-8H,1-2,9-16H2,(H,23,27). The first-order valence-electron chi connectivity index (χ1n) is 10.4. The minimum Gasteiger partial charge on any atom is -0.484 e. The molecular formula is C22H27N3O5. The van der Waals surface area contributed by atoms with Gasteiger partial charge in [-0.15, -0.1) is 0 Å². The number of nitrogens with zero attached hydrogens (tertiary/aromatic N) is 2. The molecule has 0 unspecified atom stereocenters. The van der Waals surface area contributed by atoms with Gasteiger partial charge in [0.25, 0.3) is 11.8 Å². The highest BCUT2D eigenvalue weighted by molar-refractivity contribution is 6.02. The van der Waals surface area contributed by atoms with Crippen molar-refractivity contribution in [3.63, 3.8) is 0 Å². The van der Waals surface area contributed by atoms with Crippen molar-refractivity contribution in [3.05, 3.63) is 47.9 Å². The maximum Gasteiger partial charge on any atom is 0.291 e. The maximum atomic E-state index is 12.4. The Morgan fingerprint density at radius 2 is 1.70 bits per heavy atom. The zero-order chi connectivity index (χ0) is 20.8. The minimum absolute atomic E-state index is 0.0160. The van der Waals surface area contributed by atoms with Gasteiger partial charge in [-0.3, -0.25) is 14.5 Å². The highest BCUT2D eigenvalue weighted by Gasteiger charge is 2.18. The van der Waals surface area contributed by atoms with Crippen LogP contribution in [0.25, 0.3) is 0 Å². The molecule has 0 aliphatic carbocycles. The smallest absolute Gasteiger partial charge is 0.291 e. The third kappa shape index (κ3) is 5.40. The molecule has 2 aliphatic heterocycles. The molecule has 0 spiro atoms. The molecule has 0 saturated carbocycles. The first kappa shape index (κ1) is 20.4. The first-order chi connectivity index (χ1) is 14.7. The van der Waals surface area contributed by atoms with E-state index in [2.05, 4.69) is 10.2 Å². The van der Waals surface area contributed by atoms with Gasteiger partial charge in [0.1, 0.15) is 11.5 Å². The molecule has 1 aromatic carbocycles. The van der Waals surface area contributed by atoms with Crippen molar-refractivity contribution in [1.29, 1.82) is 0 Å². The number of rotatable bonds is 7. The number of benzene rings is 1. The minimum atomic E-state index is -0.293. The van der Waals surface area contributed by atoms with Gasteiger partial charge in [-0.25, -0.2) is 0 Å². The number of hydrogen-bond acceptors (Lipinski definition) is 6. The van der Waals surface area contributed by atoms with E-state index >= 15 is 0 Å². The number of carbonyl (C=O) groups is 2. The Balaban J connectivity index is 1.25. The fraction of sp³-hybridized carbons (Fsp3) is 0.455. The molecule has 2 aromatic rings. The Bertz CT molecular complexity index is 852. The average Bonchev–Trinajstić information content (AvgIpc) is 3.46. The lowest BCUT2D eigenvalue weighted by Gasteiger charge is -2.26. The van der Waals surface area contributed by atoms with Crippen LogP contribution in [0.5, 0.6) is 5.75 Å². The first-order valence-corrected chi connectivity index (χ1v) is 10.4. The van der Waals surface area contributed by atoms with Crippen LogP contribution in [-0.4, -0.2) is 67.6 Å². The lowest BCUT2D eigenvalue weighted by Crippen LogP contribution is -2.42. The topological polar surface area (TPSA) is 84.2 Å². The number of carbonyl (C=O) groups excluding carboxylic acids is 2. The third-order valence-corrected chi connectivity index (χ3v) is 5.30. The highest BCUT2D eigenvalue weighted by atomic mass is 16.5. The van der Waals surface area contributed by atoms with E-state index in [1.54, 1.807) is 35.2 Å². The molecule has 8 nitrogen and oxygen atoms in total. The molecule has 2 fully saturated rings. The van der Waals surface area contributed by atoms with Crippen LogP contribution in [0.1, 0.15) is 29.2 Å². The molecule has 8 heteroatoms. The molecule has 0 atom stereocenters. The summed E-state index contributed by atoms with van der Waals surface area (Å²) in [6.45, 7) is 5.20. The molecule has 4 rings (SSSR count). The fourth-order valence-corrected chi connectivity index (χ4v) is 3.62. The lowest BCUT2D eigenvalue weighted by atomic mass is 10.3. The van der Waals surface area contributed by atoms with E-state index in [9.17, 15) is 9.59 Å². The molecule has 30 heavy (non-hydrogen) atoms. The molecule has 160 valence electrons. The van der Waals surface area contributed by atoms with Gasteiger partial charge in [-0.05, 0) is 62.3 Å². The average molecular weight is 413 g/mol. The van der Waals surface area contributed by atoms with Crippen molar-refractivity contribution < 1.29 is 23.5 Å². The van der Waals surface area contributed by atoms with E-state index in [0.717, 1.165) is 25.4 Å². The van der Waals surface area contributed by atoms with Crippen LogP contribution in [0.2, 0.25) is 0 Å². The Kier molecular flexibility index (Phi) is 6.66. The fourth-order valence-electron chi connectivity index (χ4n) is 3.62. The van der Waals surface area contributed by atoms with Gasteiger partial charge in [-0.1, -0.05) is 0 Å². The number of amides is 2. The summed E-state index contributed by atoms with van der Waals surface area (Å²) in [6, 6.07) is 10.5. The van der Waals surface area contributed by atoms with Crippen LogP contribution in [0.4, 0.5) is 5.69 Å². The van der Waals surface area contributed by atoms with Gasteiger partial charge >= 0.3 is 0 Å². The van der Waals surface area contributed by atoms with Gasteiger partial charge in [-0.2, -0.15) is 0 Å². The Hall–Kier alpha value is -2.84. The van der Waals surface area contributed by atoms with E-state index in [1.807, 2.05) is 6.07 Å². The lowest BCUT2D eigenvalue weighted by molar-refractivity contribution is -0.137. The van der Waals surface area contributed by atoms with Crippen LogP contribution >= 0.6 is 0 Å². The van der Waals surface area contributed by atoms with E-state index < -0.39 is 0 Å². The Morgan fingerprint density at radius 1 is 0.967 bits per heavy atom. The zero-order valence-electron chi connectivity index (χ0n) is 17.0. The van der Waals surface area contributed by atoms with Crippen molar-refractivity contribution in [2.45, 2.75) is 19.4 Å². The van der Waals surface area contributed by atoms with E-state index in [1.165, 1.54) is 12.8 Å². The number of ether oxygens (including phenoxy) is 2. The number of anilines is 1. The van der Waals surface area contributed by atoms with Gasteiger partial charge < -0.3 is 24.1 Å². The molecule has 1 N–H and O–H groups in total. The van der Waals surface area contributed by atoms with E-state index in [0.29, 0.717) is 43.5 Å². The Labute approximate surface area is 175 Å². The van der Waals surface area contributed by atoms with Gasteiger partial charge in [0, 0.05) is 18.8 Å². The summed E-state index contributed by atoms with van der Waals surface area (Å²) in [5.74, 6) is 1.31. The quantitative estimate of drug-likeness (QED) is 0.750. The normalized spacial score (nSPS) is 17.1. The van der Waals surface area contributed by atoms with Crippen LogP contribution in [0.15, 0.2) is 40.8 Å². The summed E-state index contributed by atoms with van der Waals surface area (Å²) in [4.78, 5) is 28.6. The van der Waals surface area contributed by atoms with Gasteiger partial charge in [0.2, 0.25) is 0 Å². The van der Waals surface area contributed by atoms with Crippen molar-refractivity contribution in [3.8, 4) is 5.75 Å². The molecule has 2 saturated heterocycles. The molecule has 2 aliphatic rings. The number of likely N-dealkylation sites (tertiary alicyclic amines) is 1. The van der Waals surface area contributed by atoms with Crippen molar-refractivity contribution in [1.82, 2.24) is 9.80 Å². The summed E-state index contributed by atoms with van der Waals surface area (Å²) in [6.07, 6.45) is 2.43. The number of hydrogen-bond donors (Lipinski definition) is 1. The summed E-state index contributed by atoms with van der Waals surface area (Å²) in [5, 5.41) is 2.82. The van der Waals surface area contributed by atoms with Crippen LogP contribution in [0, 0.1) is 0 Å².